The molecule has 0 spiro atoms. The second-order valence-corrected chi connectivity index (χ2v) is 5.51. The lowest BCUT2D eigenvalue weighted by Gasteiger charge is -2.14. The summed E-state index contributed by atoms with van der Waals surface area (Å²) in [5.74, 6) is -0.221. The zero-order valence-corrected chi connectivity index (χ0v) is 13.5. The monoisotopic (exact) mass is 327 g/mol. The molecule has 1 aromatic heterocycles. The van der Waals surface area contributed by atoms with E-state index in [1.165, 1.54) is 6.20 Å². The lowest BCUT2D eigenvalue weighted by molar-refractivity contribution is -0.127. The summed E-state index contributed by atoms with van der Waals surface area (Å²) in [5, 5.41) is 14.7. The SMILES string of the molecule is N#C/C(=C/NCCCN1CCCC1=O)C(=O)NCc1cccnc1. The number of carbonyl (C=O) groups excluding carboxylic acids is 2. The molecule has 0 saturated carbocycles. The van der Waals surface area contributed by atoms with Crippen LogP contribution in [0.2, 0.25) is 0 Å². The van der Waals surface area contributed by atoms with Gasteiger partial charge in [0.05, 0.1) is 0 Å². The number of carbonyl (C=O) groups is 2. The first-order valence-corrected chi connectivity index (χ1v) is 7.99. The molecule has 1 aliphatic heterocycles. The summed E-state index contributed by atoms with van der Waals surface area (Å²) in [7, 11) is 0. The molecule has 0 bridgehead atoms. The van der Waals surface area contributed by atoms with Gasteiger partial charge in [0.2, 0.25) is 5.91 Å². The van der Waals surface area contributed by atoms with Crippen LogP contribution in [0.25, 0.3) is 0 Å². The standard InChI is InChI=1S/C17H21N5O2/c18-10-15(17(24)21-12-14-4-1-6-19-11-14)13-20-7-3-9-22-8-2-5-16(22)23/h1,4,6,11,13,20H,2-3,5,7-9,12H2,(H,21,24)/b15-13-. The molecule has 0 unspecified atom stereocenters. The first kappa shape index (κ1) is 17.5. The van der Waals surface area contributed by atoms with E-state index < -0.39 is 5.91 Å². The second-order valence-electron chi connectivity index (χ2n) is 5.51. The molecule has 2 heterocycles. The van der Waals surface area contributed by atoms with Crippen molar-refractivity contribution in [1.82, 2.24) is 20.5 Å². The number of nitrogens with one attached hydrogen (secondary N) is 2. The summed E-state index contributed by atoms with van der Waals surface area (Å²) in [6.07, 6.45) is 7.09. The van der Waals surface area contributed by atoms with E-state index in [0.29, 0.717) is 26.1 Å². The highest BCUT2D eigenvalue weighted by Gasteiger charge is 2.18. The zero-order chi connectivity index (χ0) is 17.2. The third-order valence-electron chi connectivity index (χ3n) is 3.71. The maximum atomic E-state index is 11.9. The van der Waals surface area contributed by atoms with Crippen molar-refractivity contribution in [3.8, 4) is 6.07 Å². The van der Waals surface area contributed by atoms with Crippen LogP contribution in [-0.4, -0.2) is 41.3 Å². The molecule has 1 aromatic rings. The van der Waals surface area contributed by atoms with Gasteiger partial charge in [-0.3, -0.25) is 14.6 Å². The Bertz CT molecular complexity index is 636. The molecule has 7 heteroatoms. The molecular weight excluding hydrogens is 306 g/mol. The summed E-state index contributed by atoms with van der Waals surface area (Å²) in [5.41, 5.74) is 0.891. The topological polar surface area (TPSA) is 98.1 Å². The highest BCUT2D eigenvalue weighted by atomic mass is 16.2. The first-order chi connectivity index (χ1) is 11.7. The van der Waals surface area contributed by atoms with Crippen molar-refractivity contribution in [3.63, 3.8) is 0 Å². The Morgan fingerprint density at radius 1 is 1.50 bits per heavy atom. The molecule has 0 radical (unpaired) electrons. The number of aromatic nitrogens is 1. The van der Waals surface area contributed by atoms with Gasteiger partial charge in [0.25, 0.3) is 5.91 Å². The Morgan fingerprint density at radius 2 is 2.38 bits per heavy atom. The number of pyridine rings is 1. The molecule has 24 heavy (non-hydrogen) atoms. The van der Waals surface area contributed by atoms with E-state index in [1.54, 1.807) is 18.5 Å². The van der Waals surface area contributed by atoms with Crippen molar-refractivity contribution in [2.24, 2.45) is 0 Å². The van der Waals surface area contributed by atoms with Crippen molar-refractivity contribution >= 4 is 11.8 Å². The minimum absolute atomic E-state index is 0.0242. The van der Waals surface area contributed by atoms with Crippen LogP contribution in [0, 0.1) is 11.3 Å². The largest absolute Gasteiger partial charge is 0.390 e. The van der Waals surface area contributed by atoms with Gasteiger partial charge in [-0.1, -0.05) is 6.07 Å². The van der Waals surface area contributed by atoms with Gasteiger partial charge in [-0.05, 0) is 24.5 Å². The zero-order valence-electron chi connectivity index (χ0n) is 13.5. The van der Waals surface area contributed by atoms with Gasteiger partial charge in [-0.25, -0.2) is 0 Å². The van der Waals surface area contributed by atoms with Crippen LogP contribution in [0.5, 0.6) is 0 Å². The molecule has 0 atom stereocenters. The highest BCUT2D eigenvalue weighted by molar-refractivity contribution is 5.97. The number of rotatable bonds is 8. The van der Waals surface area contributed by atoms with Gasteiger partial charge >= 0.3 is 0 Å². The van der Waals surface area contributed by atoms with Crippen molar-refractivity contribution in [2.75, 3.05) is 19.6 Å². The predicted octanol–water partition coefficient (Wildman–Crippen LogP) is 0.707. The highest BCUT2D eigenvalue weighted by Crippen LogP contribution is 2.09. The van der Waals surface area contributed by atoms with Gasteiger partial charge < -0.3 is 15.5 Å². The molecule has 1 aliphatic rings. The average molecular weight is 327 g/mol. The third-order valence-corrected chi connectivity index (χ3v) is 3.71. The Hall–Kier alpha value is -2.88. The van der Waals surface area contributed by atoms with Crippen LogP contribution in [0.15, 0.2) is 36.3 Å². The van der Waals surface area contributed by atoms with Crippen LogP contribution in [0.4, 0.5) is 0 Å². The van der Waals surface area contributed by atoms with Crippen molar-refractivity contribution in [1.29, 1.82) is 5.26 Å². The van der Waals surface area contributed by atoms with Gasteiger partial charge in [0.1, 0.15) is 11.6 Å². The lowest BCUT2D eigenvalue weighted by atomic mass is 10.2. The first-order valence-electron chi connectivity index (χ1n) is 7.99. The number of nitriles is 1. The molecule has 0 aromatic carbocycles. The van der Waals surface area contributed by atoms with Crippen molar-refractivity contribution in [3.05, 3.63) is 41.9 Å². The Kier molecular flexibility index (Phi) is 6.77. The van der Waals surface area contributed by atoms with E-state index >= 15 is 0 Å². The Labute approximate surface area is 141 Å². The van der Waals surface area contributed by atoms with Gasteiger partial charge in [-0.2, -0.15) is 5.26 Å². The number of nitrogens with zero attached hydrogens (tertiary/aromatic N) is 3. The summed E-state index contributed by atoms with van der Waals surface area (Å²) in [4.78, 5) is 29.2. The van der Waals surface area contributed by atoms with Gasteiger partial charge in [0, 0.05) is 51.2 Å². The summed E-state index contributed by atoms with van der Waals surface area (Å²) < 4.78 is 0. The fourth-order valence-corrected chi connectivity index (χ4v) is 2.42. The van der Waals surface area contributed by atoms with Gasteiger partial charge in [-0.15, -0.1) is 0 Å². The van der Waals surface area contributed by atoms with Crippen molar-refractivity contribution in [2.45, 2.75) is 25.8 Å². The van der Waals surface area contributed by atoms with E-state index in [4.69, 9.17) is 5.26 Å². The number of amides is 2. The van der Waals surface area contributed by atoms with Crippen LogP contribution < -0.4 is 10.6 Å². The molecule has 7 nitrogen and oxygen atoms in total. The molecule has 126 valence electrons. The second kappa shape index (κ2) is 9.30. The fourth-order valence-electron chi connectivity index (χ4n) is 2.42. The molecule has 2 rings (SSSR count). The van der Waals surface area contributed by atoms with E-state index in [2.05, 4.69) is 15.6 Å². The van der Waals surface area contributed by atoms with Crippen LogP contribution >= 0.6 is 0 Å². The number of hydrogen-bond donors (Lipinski definition) is 2. The lowest BCUT2D eigenvalue weighted by Crippen LogP contribution is -2.28. The normalized spacial score (nSPS) is 14.4. The summed E-state index contributed by atoms with van der Waals surface area (Å²) >= 11 is 0. The number of hydrogen-bond acceptors (Lipinski definition) is 5. The summed E-state index contributed by atoms with van der Waals surface area (Å²) in [6.45, 7) is 2.46. The quantitative estimate of drug-likeness (QED) is 0.416. The minimum atomic E-state index is -0.427. The van der Waals surface area contributed by atoms with E-state index in [0.717, 1.165) is 24.9 Å². The van der Waals surface area contributed by atoms with E-state index in [-0.39, 0.29) is 11.5 Å². The van der Waals surface area contributed by atoms with E-state index in [9.17, 15) is 9.59 Å². The van der Waals surface area contributed by atoms with Crippen LogP contribution in [-0.2, 0) is 16.1 Å². The predicted molar refractivity (Wildman–Crippen MR) is 88.2 cm³/mol. The fraction of sp³-hybridized carbons (Fsp3) is 0.412. The van der Waals surface area contributed by atoms with Crippen LogP contribution in [0.1, 0.15) is 24.8 Å². The molecule has 0 aliphatic carbocycles. The van der Waals surface area contributed by atoms with Gasteiger partial charge in [0.15, 0.2) is 0 Å². The maximum absolute atomic E-state index is 11.9. The number of likely N-dealkylation sites (tertiary alicyclic amines) is 1. The molecular formula is C17H21N5O2. The Balaban J connectivity index is 1.69. The molecule has 2 amide bonds. The third kappa shape index (κ3) is 5.39. The van der Waals surface area contributed by atoms with E-state index in [1.807, 2.05) is 17.0 Å². The molecule has 1 saturated heterocycles. The molecule has 2 N–H and O–H groups in total. The minimum Gasteiger partial charge on any atom is -0.390 e. The Morgan fingerprint density at radius 3 is 3.04 bits per heavy atom. The maximum Gasteiger partial charge on any atom is 0.263 e. The smallest absolute Gasteiger partial charge is 0.263 e. The van der Waals surface area contributed by atoms with Crippen LogP contribution in [0.3, 0.4) is 0 Å². The average Bonchev–Trinajstić information content (AvgIpc) is 3.02. The molecule has 1 fully saturated rings. The summed E-state index contributed by atoms with van der Waals surface area (Å²) in [6, 6.07) is 5.52. The van der Waals surface area contributed by atoms with Crippen molar-refractivity contribution < 1.29 is 9.59 Å².